The summed E-state index contributed by atoms with van der Waals surface area (Å²) in [6, 6.07) is 6.44. The number of benzene rings is 2. The number of hydrogen-bond acceptors (Lipinski definition) is 4. The largest absolute Gasteiger partial charge is 0.283 e. The zero-order valence-corrected chi connectivity index (χ0v) is 16.9. The smallest absolute Gasteiger partial charge is 0.220 e. The van der Waals surface area contributed by atoms with Gasteiger partial charge in [-0.15, -0.1) is 10.2 Å². The molecule has 0 saturated heterocycles. The van der Waals surface area contributed by atoms with Gasteiger partial charge in [-0.25, -0.2) is 22.5 Å². The highest BCUT2D eigenvalue weighted by molar-refractivity contribution is 6.31. The van der Waals surface area contributed by atoms with Crippen molar-refractivity contribution in [1.29, 1.82) is 0 Å². The fourth-order valence-corrected chi connectivity index (χ4v) is 3.68. The third-order valence-electron chi connectivity index (χ3n) is 4.55. The predicted molar refractivity (Wildman–Crippen MR) is 105 cm³/mol. The van der Waals surface area contributed by atoms with E-state index in [4.69, 9.17) is 23.2 Å². The minimum Gasteiger partial charge on any atom is -0.220 e. The molecule has 0 aliphatic heterocycles. The van der Waals surface area contributed by atoms with Crippen LogP contribution in [0.1, 0.15) is 28.8 Å². The Bertz CT molecular complexity index is 1210. The van der Waals surface area contributed by atoms with Gasteiger partial charge in [-0.3, -0.25) is 0 Å². The Morgan fingerprint density at radius 3 is 2.53 bits per heavy atom. The third-order valence-corrected chi connectivity index (χ3v) is 5.06. The first-order valence-electron chi connectivity index (χ1n) is 8.68. The van der Waals surface area contributed by atoms with Crippen molar-refractivity contribution in [2.45, 2.75) is 19.8 Å². The first-order chi connectivity index (χ1) is 14.3. The summed E-state index contributed by atoms with van der Waals surface area (Å²) in [7, 11) is 0. The highest BCUT2D eigenvalue weighted by atomic mass is 35.5. The van der Waals surface area contributed by atoms with Crippen molar-refractivity contribution in [3.63, 3.8) is 0 Å². The molecule has 2 aromatic heterocycles. The lowest BCUT2D eigenvalue weighted by atomic mass is 9.98. The molecular formula is C19H13Cl2F3N6. The van der Waals surface area contributed by atoms with Crippen molar-refractivity contribution < 1.29 is 13.2 Å². The molecule has 0 bridgehead atoms. The number of alkyl halides is 2. The van der Waals surface area contributed by atoms with E-state index in [0.29, 0.717) is 33.1 Å². The molecule has 0 radical (unpaired) electrons. The van der Waals surface area contributed by atoms with Crippen LogP contribution in [0.5, 0.6) is 0 Å². The van der Waals surface area contributed by atoms with E-state index in [2.05, 4.69) is 20.6 Å². The second-order valence-electron chi connectivity index (χ2n) is 6.49. The molecule has 0 fully saturated rings. The molecule has 6 nitrogen and oxygen atoms in total. The van der Waals surface area contributed by atoms with Gasteiger partial charge in [0.25, 0.3) is 6.43 Å². The first kappa shape index (κ1) is 20.4. The minimum atomic E-state index is -2.74. The van der Waals surface area contributed by atoms with Crippen LogP contribution in [0.4, 0.5) is 13.2 Å². The zero-order chi connectivity index (χ0) is 21.4. The monoisotopic (exact) mass is 452 g/mol. The number of halogens is 5. The average Bonchev–Trinajstić information content (AvgIpc) is 3.39. The van der Waals surface area contributed by atoms with Crippen LogP contribution in [0.15, 0.2) is 42.9 Å². The summed E-state index contributed by atoms with van der Waals surface area (Å²) in [6.45, 7) is 1.59. The Kier molecular flexibility index (Phi) is 5.48. The van der Waals surface area contributed by atoms with Gasteiger partial charge in [0, 0.05) is 17.0 Å². The third kappa shape index (κ3) is 3.78. The maximum Gasteiger partial charge on any atom is 0.283 e. The molecule has 30 heavy (non-hydrogen) atoms. The number of nitrogens with zero attached hydrogens (tertiary/aromatic N) is 6. The standard InChI is InChI=1S/C19H13Cl2F3N6/c1-10-17(22)14(21)8-12(18(10)29-5-4-25-27-29)6-11-7-13(20)2-3-16(11)30-9-15(19(23)24)26-28-30/h2-5,7-9,19H,6H2,1H3. The van der Waals surface area contributed by atoms with Crippen LogP contribution < -0.4 is 0 Å². The Labute approximate surface area is 178 Å². The molecule has 11 heteroatoms. The van der Waals surface area contributed by atoms with Crippen molar-refractivity contribution in [3.05, 3.63) is 81.1 Å². The summed E-state index contributed by atoms with van der Waals surface area (Å²) in [5, 5.41) is 15.4. The van der Waals surface area contributed by atoms with E-state index in [1.54, 1.807) is 31.3 Å². The van der Waals surface area contributed by atoms with Crippen molar-refractivity contribution in [2.75, 3.05) is 0 Å². The maximum atomic E-state index is 14.5. The molecule has 0 aliphatic rings. The summed E-state index contributed by atoms with van der Waals surface area (Å²) in [5.74, 6) is -0.560. The molecule has 0 unspecified atom stereocenters. The lowest BCUT2D eigenvalue weighted by Gasteiger charge is -2.16. The molecule has 0 atom stereocenters. The van der Waals surface area contributed by atoms with Gasteiger partial charge in [-0.1, -0.05) is 33.6 Å². The highest BCUT2D eigenvalue weighted by Gasteiger charge is 2.20. The molecule has 0 amide bonds. The molecule has 4 aromatic rings. The molecule has 154 valence electrons. The Morgan fingerprint density at radius 1 is 1.07 bits per heavy atom. The lowest BCUT2D eigenvalue weighted by molar-refractivity contribution is 0.146. The van der Waals surface area contributed by atoms with Crippen LogP contribution >= 0.6 is 23.2 Å². The molecular weight excluding hydrogens is 440 g/mol. The Balaban J connectivity index is 1.85. The molecule has 2 aromatic carbocycles. The van der Waals surface area contributed by atoms with E-state index in [9.17, 15) is 13.2 Å². The Hall–Kier alpha value is -2.91. The SMILES string of the molecule is Cc1c(F)c(Cl)cc(Cc2cc(Cl)ccc2-n2cc(C(F)F)nn2)c1-n1ccnn1. The fourth-order valence-electron chi connectivity index (χ4n) is 3.21. The van der Waals surface area contributed by atoms with Crippen molar-refractivity contribution in [3.8, 4) is 11.4 Å². The van der Waals surface area contributed by atoms with E-state index in [-0.39, 0.29) is 11.4 Å². The van der Waals surface area contributed by atoms with E-state index in [0.717, 1.165) is 6.20 Å². The van der Waals surface area contributed by atoms with Gasteiger partial charge < -0.3 is 0 Å². The maximum absolute atomic E-state index is 14.5. The van der Waals surface area contributed by atoms with E-state index in [1.165, 1.54) is 21.6 Å². The fraction of sp³-hybridized carbons (Fsp3) is 0.158. The van der Waals surface area contributed by atoms with E-state index < -0.39 is 17.9 Å². The molecule has 2 heterocycles. The van der Waals surface area contributed by atoms with Crippen molar-refractivity contribution in [1.82, 2.24) is 30.0 Å². The average molecular weight is 453 g/mol. The molecule has 0 spiro atoms. The number of hydrogen-bond donors (Lipinski definition) is 0. The summed E-state index contributed by atoms with van der Waals surface area (Å²) in [5.41, 5.74) is 2.12. The van der Waals surface area contributed by atoms with Gasteiger partial charge >= 0.3 is 0 Å². The van der Waals surface area contributed by atoms with Gasteiger partial charge in [-0.05, 0) is 42.3 Å². The molecule has 0 saturated carbocycles. The normalized spacial score (nSPS) is 11.4. The van der Waals surface area contributed by atoms with Crippen LogP contribution in [0.25, 0.3) is 11.4 Å². The van der Waals surface area contributed by atoms with Crippen LogP contribution in [-0.4, -0.2) is 30.0 Å². The molecule has 0 N–H and O–H groups in total. The Morgan fingerprint density at radius 2 is 1.87 bits per heavy atom. The van der Waals surface area contributed by atoms with Crippen molar-refractivity contribution >= 4 is 23.2 Å². The van der Waals surface area contributed by atoms with E-state index >= 15 is 0 Å². The number of rotatable bonds is 5. The molecule has 4 rings (SSSR count). The second-order valence-corrected chi connectivity index (χ2v) is 7.33. The van der Waals surface area contributed by atoms with Crippen molar-refractivity contribution in [2.24, 2.45) is 0 Å². The van der Waals surface area contributed by atoms with Crippen LogP contribution in [-0.2, 0) is 6.42 Å². The zero-order valence-electron chi connectivity index (χ0n) is 15.4. The van der Waals surface area contributed by atoms with Gasteiger partial charge in [0.2, 0.25) is 0 Å². The van der Waals surface area contributed by atoms with Gasteiger partial charge in [-0.2, -0.15) is 0 Å². The second kappa shape index (κ2) is 8.08. The molecule has 0 aliphatic carbocycles. The van der Waals surface area contributed by atoms with Gasteiger partial charge in [0.05, 0.1) is 35.0 Å². The first-order valence-corrected chi connectivity index (χ1v) is 9.44. The summed E-state index contributed by atoms with van der Waals surface area (Å²) in [4.78, 5) is 0. The predicted octanol–water partition coefficient (Wildman–Crippen LogP) is 5.13. The quantitative estimate of drug-likeness (QED) is 0.421. The van der Waals surface area contributed by atoms with Gasteiger partial charge in [0.1, 0.15) is 11.5 Å². The van der Waals surface area contributed by atoms with Crippen LogP contribution in [0.3, 0.4) is 0 Å². The van der Waals surface area contributed by atoms with Crippen LogP contribution in [0, 0.1) is 12.7 Å². The topological polar surface area (TPSA) is 61.4 Å². The van der Waals surface area contributed by atoms with Gasteiger partial charge in [0.15, 0.2) is 0 Å². The van der Waals surface area contributed by atoms with E-state index in [1.807, 2.05) is 0 Å². The summed E-state index contributed by atoms with van der Waals surface area (Å²) in [6.07, 6.45) is 1.72. The van der Waals surface area contributed by atoms with Crippen LogP contribution in [0.2, 0.25) is 10.0 Å². The lowest BCUT2D eigenvalue weighted by Crippen LogP contribution is -2.08. The summed E-state index contributed by atoms with van der Waals surface area (Å²) < 4.78 is 43.1. The summed E-state index contributed by atoms with van der Waals surface area (Å²) >= 11 is 12.3. The highest BCUT2D eigenvalue weighted by Crippen LogP contribution is 2.31. The number of aromatic nitrogens is 6. The minimum absolute atomic E-state index is 0.0457.